The number of benzene rings is 1. The molecule has 1 atom stereocenters. The zero-order valence-electron chi connectivity index (χ0n) is 14.8. The van der Waals surface area contributed by atoms with Crippen LogP contribution in [-0.4, -0.2) is 29.1 Å². The highest BCUT2D eigenvalue weighted by Gasteiger charge is 2.35. The standard InChI is InChI=1S/C17H18BrF3N4O2/c1-4-9(2)23-14-12(17(19,20)21)8-22-16(25-14)24-10-5-6-13(18)11(7-10)15(26)27-3/h5-9H,4H2,1-3H3,(H2,22,23,24,25). The van der Waals surface area contributed by atoms with Gasteiger partial charge in [0.15, 0.2) is 0 Å². The molecule has 0 bridgehead atoms. The number of nitrogens with zero attached hydrogens (tertiary/aromatic N) is 2. The lowest BCUT2D eigenvalue weighted by atomic mass is 10.2. The molecule has 0 saturated heterocycles. The number of anilines is 3. The molecule has 1 heterocycles. The summed E-state index contributed by atoms with van der Waals surface area (Å²) in [5, 5.41) is 5.55. The molecule has 2 aromatic rings. The van der Waals surface area contributed by atoms with Crippen LogP contribution in [0.25, 0.3) is 0 Å². The predicted molar refractivity (Wildman–Crippen MR) is 99.2 cm³/mol. The van der Waals surface area contributed by atoms with Gasteiger partial charge >= 0.3 is 12.1 Å². The summed E-state index contributed by atoms with van der Waals surface area (Å²) < 4.78 is 44.8. The van der Waals surface area contributed by atoms with Crippen molar-refractivity contribution in [2.24, 2.45) is 0 Å². The summed E-state index contributed by atoms with van der Waals surface area (Å²) in [6, 6.07) is 4.52. The summed E-state index contributed by atoms with van der Waals surface area (Å²) in [6.07, 6.45) is -3.23. The van der Waals surface area contributed by atoms with Crippen molar-refractivity contribution in [1.29, 1.82) is 0 Å². The van der Waals surface area contributed by atoms with Gasteiger partial charge in [0.1, 0.15) is 11.4 Å². The quantitative estimate of drug-likeness (QED) is 0.608. The van der Waals surface area contributed by atoms with Crippen molar-refractivity contribution in [3.63, 3.8) is 0 Å². The number of hydrogen-bond acceptors (Lipinski definition) is 6. The molecule has 0 spiro atoms. The Morgan fingerprint density at radius 2 is 2.07 bits per heavy atom. The normalized spacial score (nSPS) is 12.4. The predicted octanol–water partition coefficient (Wildman–Crippen LogP) is 5.00. The number of carbonyl (C=O) groups excluding carboxylic acids is 1. The summed E-state index contributed by atoms with van der Waals surface area (Å²) >= 11 is 3.24. The highest BCUT2D eigenvalue weighted by atomic mass is 79.9. The Morgan fingerprint density at radius 1 is 1.37 bits per heavy atom. The van der Waals surface area contributed by atoms with Gasteiger partial charge in [0.05, 0.1) is 12.7 Å². The van der Waals surface area contributed by atoms with Crippen molar-refractivity contribution in [1.82, 2.24) is 9.97 Å². The van der Waals surface area contributed by atoms with Crippen LogP contribution in [0, 0.1) is 0 Å². The minimum atomic E-state index is -4.58. The van der Waals surface area contributed by atoms with Gasteiger partial charge in [-0.15, -0.1) is 0 Å². The Hall–Kier alpha value is -2.36. The van der Waals surface area contributed by atoms with Crippen molar-refractivity contribution < 1.29 is 22.7 Å². The van der Waals surface area contributed by atoms with Crippen LogP contribution in [0.2, 0.25) is 0 Å². The number of aromatic nitrogens is 2. The van der Waals surface area contributed by atoms with E-state index >= 15 is 0 Å². The SMILES string of the molecule is CCC(C)Nc1nc(Nc2ccc(Br)c(C(=O)OC)c2)ncc1C(F)(F)F. The molecule has 2 rings (SSSR count). The minimum Gasteiger partial charge on any atom is -0.465 e. The van der Waals surface area contributed by atoms with Crippen molar-refractivity contribution in [2.75, 3.05) is 17.7 Å². The average molecular weight is 447 g/mol. The van der Waals surface area contributed by atoms with E-state index < -0.39 is 17.7 Å². The fourth-order valence-corrected chi connectivity index (χ4v) is 2.50. The molecule has 6 nitrogen and oxygen atoms in total. The molecular weight excluding hydrogens is 429 g/mol. The number of methoxy groups -OCH3 is 1. The van der Waals surface area contributed by atoms with Crippen molar-refractivity contribution in [2.45, 2.75) is 32.5 Å². The molecule has 2 N–H and O–H groups in total. The van der Waals surface area contributed by atoms with Crippen LogP contribution >= 0.6 is 15.9 Å². The molecule has 0 aliphatic carbocycles. The largest absolute Gasteiger partial charge is 0.465 e. The fraction of sp³-hybridized carbons (Fsp3) is 0.353. The van der Waals surface area contributed by atoms with Crippen LogP contribution in [0.1, 0.15) is 36.2 Å². The third kappa shape index (κ3) is 5.31. The van der Waals surface area contributed by atoms with E-state index in [0.717, 1.165) is 6.20 Å². The first-order valence-electron chi connectivity index (χ1n) is 8.01. The van der Waals surface area contributed by atoms with E-state index in [1.54, 1.807) is 19.1 Å². The summed E-state index contributed by atoms with van der Waals surface area (Å²) in [4.78, 5) is 19.5. The molecular formula is C17H18BrF3N4O2. The first kappa shape index (κ1) is 20.9. The van der Waals surface area contributed by atoms with Crippen LogP contribution in [0.15, 0.2) is 28.9 Å². The van der Waals surface area contributed by atoms with Crippen molar-refractivity contribution >= 4 is 39.4 Å². The Morgan fingerprint density at radius 3 is 2.67 bits per heavy atom. The van der Waals surface area contributed by atoms with Crippen LogP contribution < -0.4 is 10.6 Å². The maximum absolute atomic E-state index is 13.2. The first-order valence-corrected chi connectivity index (χ1v) is 8.80. The van der Waals surface area contributed by atoms with E-state index in [4.69, 9.17) is 0 Å². The summed E-state index contributed by atoms with van der Waals surface area (Å²) in [6.45, 7) is 3.61. The third-order valence-corrected chi connectivity index (χ3v) is 4.41. The molecule has 0 aliphatic rings. The second kappa shape index (κ2) is 8.55. The highest BCUT2D eigenvalue weighted by Crippen LogP contribution is 2.34. The number of esters is 1. The zero-order valence-corrected chi connectivity index (χ0v) is 16.4. The minimum absolute atomic E-state index is 0.0352. The van der Waals surface area contributed by atoms with Gasteiger partial charge in [-0.2, -0.15) is 18.2 Å². The van der Waals surface area contributed by atoms with Crippen LogP contribution in [-0.2, 0) is 10.9 Å². The summed E-state index contributed by atoms with van der Waals surface area (Å²) in [5.74, 6) is -0.899. The fourth-order valence-electron chi connectivity index (χ4n) is 2.09. The lowest BCUT2D eigenvalue weighted by molar-refractivity contribution is -0.137. The second-order valence-corrected chi connectivity index (χ2v) is 6.57. The number of halogens is 4. The number of carbonyl (C=O) groups is 1. The van der Waals surface area contributed by atoms with Crippen molar-refractivity contribution in [3.8, 4) is 0 Å². The van der Waals surface area contributed by atoms with Gasteiger partial charge in [-0.1, -0.05) is 6.92 Å². The number of rotatable bonds is 6. The number of nitrogens with one attached hydrogen (secondary N) is 2. The van der Waals surface area contributed by atoms with E-state index in [1.165, 1.54) is 13.2 Å². The van der Waals surface area contributed by atoms with Crippen LogP contribution in [0.4, 0.5) is 30.6 Å². The topological polar surface area (TPSA) is 76.1 Å². The number of alkyl halides is 3. The Kier molecular flexibility index (Phi) is 6.63. The molecule has 10 heteroatoms. The summed E-state index contributed by atoms with van der Waals surface area (Å²) in [7, 11) is 1.25. The molecule has 0 fully saturated rings. The second-order valence-electron chi connectivity index (χ2n) is 5.72. The van der Waals surface area contributed by atoms with Gasteiger partial charge < -0.3 is 15.4 Å². The number of ether oxygens (including phenoxy) is 1. The Bertz CT molecular complexity index is 830. The molecule has 27 heavy (non-hydrogen) atoms. The monoisotopic (exact) mass is 446 g/mol. The molecule has 1 aromatic carbocycles. The van der Waals surface area contributed by atoms with Gasteiger partial charge in [-0.25, -0.2) is 9.78 Å². The lowest BCUT2D eigenvalue weighted by Crippen LogP contribution is -2.20. The first-order chi connectivity index (χ1) is 12.7. The average Bonchev–Trinajstić information content (AvgIpc) is 2.61. The molecule has 1 unspecified atom stereocenters. The van der Waals surface area contributed by atoms with Gasteiger partial charge in [-0.3, -0.25) is 0 Å². The molecule has 0 amide bonds. The van der Waals surface area contributed by atoms with Crippen LogP contribution in [0.5, 0.6) is 0 Å². The van der Waals surface area contributed by atoms with E-state index in [-0.39, 0.29) is 23.4 Å². The van der Waals surface area contributed by atoms with E-state index in [9.17, 15) is 18.0 Å². The molecule has 0 saturated carbocycles. The summed E-state index contributed by atoms with van der Waals surface area (Å²) in [5.41, 5.74) is -0.264. The van der Waals surface area contributed by atoms with Gasteiger partial charge in [0.25, 0.3) is 0 Å². The lowest BCUT2D eigenvalue weighted by Gasteiger charge is -2.18. The molecule has 0 radical (unpaired) electrons. The highest BCUT2D eigenvalue weighted by molar-refractivity contribution is 9.10. The van der Waals surface area contributed by atoms with Gasteiger partial charge in [0.2, 0.25) is 5.95 Å². The smallest absolute Gasteiger partial charge is 0.421 e. The van der Waals surface area contributed by atoms with Gasteiger partial charge in [0, 0.05) is 22.4 Å². The van der Waals surface area contributed by atoms with Crippen molar-refractivity contribution in [3.05, 3.63) is 40.0 Å². The maximum Gasteiger partial charge on any atom is 0.421 e. The van der Waals surface area contributed by atoms with Crippen LogP contribution in [0.3, 0.4) is 0 Å². The zero-order chi connectivity index (χ0) is 20.2. The van der Waals surface area contributed by atoms with E-state index in [2.05, 4.69) is 41.3 Å². The van der Waals surface area contributed by atoms with E-state index in [1.807, 2.05) is 6.92 Å². The third-order valence-electron chi connectivity index (χ3n) is 3.72. The Labute approximate surface area is 162 Å². The molecule has 0 aliphatic heterocycles. The Balaban J connectivity index is 2.37. The van der Waals surface area contributed by atoms with E-state index in [0.29, 0.717) is 16.6 Å². The molecule has 1 aromatic heterocycles. The van der Waals surface area contributed by atoms with Gasteiger partial charge in [-0.05, 0) is 47.5 Å². The maximum atomic E-state index is 13.2. The number of hydrogen-bond donors (Lipinski definition) is 2. The molecule has 146 valence electrons.